The fourth-order valence-corrected chi connectivity index (χ4v) is 4.01. The molecule has 1 atom stereocenters. The molecule has 0 saturated heterocycles. The maximum atomic E-state index is 13.4. The van der Waals surface area contributed by atoms with Gasteiger partial charge in [0.25, 0.3) is 5.91 Å². The largest absolute Gasteiger partial charge is 0.508 e. The molecule has 1 aromatic heterocycles. The van der Waals surface area contributed by atoms with Crippen molar-refractivity contribution in [1.82, 2.24) is 14.9 Å². The maximum Gasteiger partial charge on any atom is 0.254 e. The Bertz CT molecular complexity index is 1000. The number of phenolic OH excluding ortho intramolecular Hbond substituents is 1. The molecule has 140 valence electrons. The van der Waals surface area contributed by atoms with E-state index in [1.54, 1.807) is 12.4 Å². The van der Waals surface area contributed by atoms with Crippen LogP contribution in [0.4, 0.5) is 0 Å². The van der Waals surface area contributed by atoms with E-state index in [0.29, 0.717) is 12.1 Å². The molecule has 2 aromatic carbocycles. The fourth-order valence-electron chi connectivity index (χ4n) is 4.01. The number of fused-ring (bicyclic) bond motifs is 2. The van der Waals surface area contributed by atoms with Crippen LogP contribution in [0.5, 0.6) is 5.75 Å². The summed E-state index contributed by atoms with van der Waals surface area (Å²) in [5.74, 6) is 0.328. The Morgan fingerprint density at radius 2 is 2.00 bits per heavy atom. The molecule has 0 saturated carbocycles. The molecule has 1 aliphatic rings. The molecule has 4 rings (SSSR count). The highest BCUT2D eigenvalue weighted by molar-refractivity contribution is 5.97. The first-order valence-electron chi connectivity index (χ1n) is 9.38. The van der Waals surface area contributed by atoms with Crippen LogP contribution in [0.1, 0.15) is 42.3 Å². The van der Waals surface area contributed by atoms with Crippen molar-refractivity contribution in [3.05, 3.63) is 59.4 Å². The molecular formula is C22H25N3O2. The topological polar surface area (TPSA) is 69.2 Å². The van der Waals surface area contributed by atoms with Crippen molar-refractivity contribution in [3.8, 4) is 5.75 Å². The van der Waals surface area contributed by atoms with Crippen LogP contribution in [-0.2, 0) is 12.8 Å². The monoisotopic (exact) mass is 363 g/mol. The number of nitrogens with zero attached hydrogens (tertiary/aromatic N) is 2. The number of benzene rings is 2. The molecule has 5 nitrogen and oxygen atoms in total. The van der Waals surface area contributed by atoms with Crippen molar-refractivity contribution in [2.75, 3.05) is 6.54 Å². The Kier molecular flexibility index (Phi) is 4.17. The van der Waals surface area contributed by atoms with Crippen LogP contribution in [0.2, 0.25) is 0 Å². The normalized spacial score (nSPS) is 17.6. The summed E-state index contributed by atoms with van der Waals surface area (Å²) < 4.78 is 0. The Morgan fingerprint density at radius 1 is 1.19 bits per heavy atom. The molecule has 1 unspecified atom stereocenters. The zero-order chi connectivity index (χ0) is 19.2. The molecule has 0 radical (unpaired) electrons. The molecule has 3 aromatic rings. The van der Waals surface area contributed by atoms with Gasteiger partial charge in [-0.1, -0.05) is 26.8 Å². The molecule has 0 spiro atoms. The van der Waals surface area contributed by atoms with Crippen molar-refractivity contribution in [1.29, 1.82) is 0 Å². The molecule has 27 heavy (non-hydrogen) atoms. The Balaban J connectivity index is 1.72. The van der Waals surface area contributed by atoms with Gasteiger partial charge in [0.2, 0.25) is 0 Å². The summed E-state index contributed by atoms with van der Waals surface area (Å²) in [5, 5.41) is 9.91. The highest BCUT2D eigenvalue weighted by Gasteiger charge is 2.36. The van der Waals surface area contributed by atoms with Gasteiger partial charge in [-0.3, -0.25) is 4.79 Å². The number of aromatic nitrogens is 2. The first-order chi connectivity index (χ1) is 12.8. The lowest BCUT2D eigenvalue weighted by atomic mass is 9.81. The van der Waals surface area contributed by atoms with Crippen molar-refractivity contribution < 1.29 is 9.90 Å². The number of hydrogen-bond donors (Lipinski definition) is 2. The van der Waals surface area contributed by atoms with E-state index in [2.05, 4.69) is 30.7 Å². The molecule has 2 N–H and O–H groups in total. The maximum absolute atomic E-state index is 13.4. The molecule has 5 heteroatoms. The molecular weight excluding hydrogens is 338 g/mol. The van der Waals surface area contributed by atoms with Gasteiger partial charge in [-0.25, -0.2) is 4.98 Å². The molecule has 1 amide bonds. The van der Waals surface area contributed by atoms with Crippen LogP contribution in [0.25, 0.3) is 11.0 Å². The quantitative estimate of drug-likeness (QED) is 0.688. The zero-order valence-electron chi connectivity index (χ0n) is 16.0. The van der Waals surface area contributed by atoms with Gasteiger partial charge in [0.15, 0.2) is 0 Å². The second kappa shape index (κ2) is 6.41. The smallest absolute Gasteiger partial charge is 0.254 e. The average molecular weight is 363 g/mol. The summed E-state index contributed by atoms with van der Waals surface area (Å²) in [5.41, 5.74) is 4.67. The number of amides is 1. The van der Waals surface area contributed by atoms with E-state index in [9.17, 15) is 9.90 Å². The van der Waals surface area contributed by atoms with Gasteiger partial charge in [0.05, 0.1) is 17.4 Å². The summed E-state index contributed by atoms with van der Waals surface area (Å²) >= 11 is 0. The van der Waals surface area contributed by atoms with E-state index in [1.807, 2.05) is 35.2 Å². The lowest BCUT2D eigenvalue weighted by Gasteiger charge is -2.39. The van der Waals surface area contributed by atoms with Crippen LogP contribution < -0.4 is 0 Å². The first kappa shape index (κ1) is 17.6. The van der Waals surface area contributed by atoms with E-state index in [-0.39, 0.29) is 23.1 Å². The molecule has 1 aliphatic heterocycles. The number of carbonyl (C=O) groups is 1. The number of imidazole rings is 1. The van der Waals surface area contributed by atoms with Gasteiger partial charge in [-0.2, -0.15) is 0 Å². The Morgan fingerprint density at radius 3 is 2.78 bits per heavy atom. The van der Waals surface area contributed by atoms with E-state index < -0.39 is 0 Å². The number of aromatic amines is 1. The van der Waals surface area contributed by atoms with Crippen LogP contribution in [0.3, 0.4) is 0 Å². The minimum absolute atomic E-state index is 0.0449. The summed E-state index contributed by atoms with van der Waals surface area (Å²) in [6.07, 6.45) is 3.18. The van der Waals surface area contributed by atoms with Gasteiger partial charge in [0, 0.05) is 18.2 Å². The highest BCUT2D eigenvalue weighted by Crippen LogP contribution is 2.33. The van der Waals surface area contributed by atoms with Crippen LogP contribution in [-0.4, -0.2) is 38.5 Å². The van der Waals surface area contributed by atoms with Gasteiger partial charge in [-0.15, -0.1) is 0 Å². The van der Waals surface area contributed by atoms with Crippen molar-refractivity contribution in [3.63, 3.8) is 0 Å². The third kappa shape index (κ3) is 3.29. The molecule has 2 heterocycles. The highest BCUT2D eigenvalue weighted by atomic mass is 16.3. The van der Waals surface area contributed by atoms with Crippen LogP contribution >= 0.6 is 0 Å². The minimum Gasteiger partial charge on any atom is -0.508 e. The van der Waals surface area contributed by atoms with Gasteiger partial charge >= 0.3 is 0 Å². The zero-order valence-corrected chi connectivity index (χ0v) is 16.0. The minimum atomic E-state index is -0.0825. The van der Waals surface area contributed by atoms with Gasteiger partial charge in [-0.05, 0) is 59.7 Å². The number of rotatable bonds is 1. The summed E-state index contributed by atoms with van der Waals surface area (Å²) in [6, 6.07) is 11.2. The standard InChI is InChI=1S/C22H25N3O2/c1-22(2,3)20-12-16-10-17(26)6-4-14(16)8-9-25(20)21(27)15-5-7-18-19(11-15)24-13-23-18/h4-7,10-11,13,20,26H,8-9,12H2,1-3H3,(H,23,24). The molecule has 0 bridgehead atoms. The number of hydrogen-bond acceptors (Lipinski definition) is 3. The van der Waals surface area contributed by atoms with Gasteiger partial charge in [0.1, 0.15) is 5.75 Å². The number of nitrogens with one attached hydrogen (secondary N) is 1. The van der Waals surface area contributed by atoms with E-state index in [0.717, 1.165) is 29.4 Å². The average Bonchev–Trinajstić information content (AvgIpc) is 3.00. The number of aromatic hydroxyl groups is 1. The Labute approximate surface area is 159 Å². The van der Waals surface area contributed by atoms with Gasteiger partial charge < -0.3 is 15.0 Å². The van der Waals surface area contributed by atoms with Crippen molar-refractivity contribution in [2.24, 2.45) is 5.41 Å². The number of H-pyrrole nitrogens is 1. The van der Waals surface area contributed by atoms with Crippen LogP contribution in [0.15, 0.2) is 42.7 Å². The predicted octanol–water partition coefficient (Wildman–Crippen LogP) is 3.92. The van der Waals surface area contributed by atoms with E-state index in [4.69, 9.17) is 0 Å². The fraction of sp³-hybridized carbons (Fsp3) is 0.364. The second-order valence-electron chi connectivity index (χ2n) is 8.42. The number of phenols is 1. The third-order valence-electron chi connectivity index (χ3n) is 5.53. The van der Waals surface area contributed by atoms with E-state index in [1.165, 1.54) is 5.56 Å². The number of carbonyl (C=O) groups excluding carboxylic acids is 1. The third-order valence-corrected chi connectivity index (χ3v) is 5.53. The second-order valence-corrected chi connectivity index (χ2v) is 8.42. The first-order valence-corrected chi connectivity index (χ1v) is 9.38. The SMILES string of the molecule is CC(C)(C)C1Cc2cc(O)ccc2CCN1C(=O)c1ccc2nc[nH]c2c1. The summed E-state index contributed by atoms with van der Waals surface area (Å²) in [4.78, 5) is 22.8. The molecule has 0 fully saturated rings. The lowest BCUT2D eigenvalue weighted by Crippen LogP contribution is -2.48. The predicted molar refractivity (Wildman–Crippen MR) is 106 cm³/mol. The van der Waals surface area contributed by atoms with E-state index >= 15 is 0 Å². The van der Waals surface area contributed by atoms with Crippen LogP contribution in [0, 0.1) is 5.41 Å². The Hall–Kier alpha value is -2.82. The van der Waals surface area contributed by atoms with Crippen molar-refractivity contribution >= 4 is 16.9 Å². The summed E-state index contributed by atoms with van der Waals surface area (Å²) in [7, 11) is 0. The lowest BCUT2D eigenvalue weighted by molar-refractivity contribution is 0.0532. The molecule has 0 aliphatic carbocycles. The summed E-state index contributed by atoms with van der Waals surface area (Å²) in [6.45, 7) is 7.18. The van der Waals surface area contributed by atoms with Crippen molar-refractivity contribution in [2.45, 2.75) is 39.7 Å².